The summed E-state index contributed by atoms with van der Waals surface area (Å²) in [5, 5.41) is 0. The SMILES string of the molecule is O=C(/C=C/c1ccc(COc2ccc3c(c2)CCC(=Cc2cc(C(F)(F)F)cc(C(F)(F)F)c2)C3=O)cc1)NOC1CCCCO1. The third-order valence-electron chi connectivity index (χ3n) is 7.47. The first-order chi connectivity index (χ1) is 21.8. The van der Waals surface area contributed by atoms with E-state index in [1.165, 1.54) is 12.1 Å². The van der Waals surface area contributed by atoms with Crippen molar-refractivity contribution in [2.75, 3.05) is 6.61 Å². The van der Waals surface area contributed by atoms with Gasteiger partial charge in [0.2, 0.25) is 0 Å². The van der Waals surface area contributed by atoms with Crippen LogP contribution in [0.15, 0.2) is 72.3 Å². The maximum absolute atomic E-state index is 13.3. The van der Waals surface area contributed by atoms with E-state index in [0.717, 1.165) is 36.5 Å². The molecule has 1 amide bonds. The summed E-state index contributed by atoms with van der Waals surface area (Å²) in [7, 11) is 0. The van der Waals surface area contributed by atoms with E-state index in [1.807, 2.05) is 24.3 Å². The minimum absolute atomic E-state index is 0.0547. The van der Waals surface area contributed by atoms with E-state index in [2.05, 4.69) is 5.48 Å². The predicted molar refractivity (Wildman–Crippen MR) is 156 cm³/mol. The number of carbonyl (C=O) groups is 2. The van der Waals surface area contributed by atoms with Crippen LogP contribution in [0.2, 0.25) is 0 Å². The molecule has 1 N–H and O–H groups in total. The second kappa shape index (κ2) is 13.9. The van der Waals surface area contributed by atoms with E-state index in [9.17, 15) is 35.9 Å². The molecule has 242 valence electrons. The predicted octanol–water partition coefficient (Wildman–Crippen LogP) is 8.10. The highest BCUT2D eigenvalue weighted by Gasteiger charge is 2.37. The van der Waals surface area contributed by atoms with Gasteiger partial charge in [0.1, 0.15) is 12.4 Å². The average molecular weight is 646 g/mol. The average Bonchev–Trinajstić information content (AvgIpc) is 3.03. The van der Waals surface area contributed by atoms with Gasteiger partial charge in [0.25, 0.3) is 5.91 Å². The molecule has 0 spiro atoms. The molecule has 3 aromatic rings. The smallest absolute Gasteiger partial charge is 0.416 e. The zero-order valence-electron chi connectivity index (χ0n) is 24.3. The lowest BCUT2D eigenvalue weighted by atomic mass is 9.85. The van der Waals surface area contributed by atoms with E-state index in [4.69, 9.17) is 14.3 Å². The first-order valence-corrected chi connectivity index (χ1v) is 14.5. The lowest BCUT2D eigenvalue weighted by molar-refractivity contribution is -0.198. The highest BCUT2D eigenvalue weighted by molar-refractivity contribution is 6.13. The molecule has 0 radical (unpaired) electrons. The number of alkyl halides is 6. The van der Waals surface area contributed by atoms with Gasteiger partial charge >= 0.3 is 12.4 Å². The maximum Gasteiger partial charge on any atom is 0.416 e. The molecule has 1 heterocycles. The lowest BCUT2D eigenvalue weighted by Crippen LogP contribution is -2.32. The second-order valence-electron chi connectivity index (χ2n) is 10.9. The molecule has 5 rings (SSSR count). The summed E-state index contributed by atoms with van der Waals surface area (Å²) in [5.74, 6) is -0.388. The Labute approximate surface area is 260 Å². The normalized spacial score (nSPS) is 18.1. The molecule has 1 aliphatic carbocycles. The minimum Gasteiger partial charge on any atom is -0.489 e. The number of hydrogen-bond donors (Lipinski definition) is 1. The number of rotatable bonds is 8. The number of hydrogen-bond acceptors (Lipinski definition) is 5. The van der Waals surface area contributed by atoms with Crippen molar-refractivity contribution in [3.05, 3.63) is 111 Å². The van der Waals surface area contributed by atoms with Crippen molar-refractivity contribution < 1.29 is 50.2 Å². The molecular weight excluding hydrogens is 616 g/mol. The summed E-state index contributed by atoms with van der Waals surface area (Å²) in [6.45, 7) is 0.820. The zero-order chi connectivity index (χ0) is 32.9. The number of carbonyl (C=O) groups excluding carboxylic acids is 2. The molecule has 1 aliphatic heterocycles. The Morgan fingerprint density at radius 3 is 2.26 bits per heavy atom. The number of aryl methyl sites for hydroxylation is 1. The van der Waals surface area contributed by atoms with E-state index >= 15 is 0 Å². The Balaban J connectivity index is 1.18. The van der Waals surface area contributed by atoms with Crippen LogP contribution in [0.1, 0.15) is 69.4 Å². The number of nitrogens with one attached hydrogen (secondary N) is 1. The number of hydroxylamine groups is 1. The van der Waals surface area contributed by atoms with E-state index < -0.39 is 41.5 Å². The van der Waals surface area contributed by atoms with Gasteiger partial charge in [-0.2, -0.15) is 26.3 Å². The summed E-state index contributed by atoms with van der Waals surface area (Å²) >= 11 is 0. The zero-order valence-corrected chi connectivity index (χ0v) is 24.3. The van der Waals surface area contributed by atoms with Gasteiger partial charge < -0.3 is 9.47 Å². The molecule has 2 aliphatic rings. The van der Waals surface area contributed by atoms with Crippen LogP contribution < -0.4 is 10.2 Å². The first kappa shape index (κ1) is 33.0. The Kier molecular flexibility index (Phi) is 9.97. The summed E-state index contributed by atoms with van der Waals surface area (Å²) < 4.78 is 90.8. The number of fused-ring (bicyclic) bond motifs is 1. The van der Waals surface area contributed by atoms with Crippen molar-refractivity contribution in [1.82, 2.24) is 5.48 Å². The fraction of sp³-hybridized carbons (Fsp3) is 0.294. The van der Waals surface area contributed by atoms with E-state index in [1.54, 1.807) is 18.2 Å². The topological polar surface area (TPSA) is 73.9 Å². The van der Waals surface area contributed by atoms with Crippen LogP contribution in [0.25, 0.3) is 12.2 Å². The van der Waals surface area contributed by atoms with Gasteiger partial charge in [0.05, 0.1) is 11.1 Å². The molecule has 0 aromatic heterocycles. The number of benzene rings is 3. The van der Waals surface area contributed by atoms with Crippen molar-refractivity contribution in [2.45, 2.75) is 57.4 Å². The molecule has 0 saturated carbocycles. The van der Waals surface area contributed by atoms with Crippen LogP contribution in [0.5, 0.6) is 5.75 Å². The molecule has 12 heteroatoms. The lowest BCUT2D eigenvalue weighted by Gasteiger charge is -2.21. The highest BCUT2D eigenvalue weighted by atomic mass is 19.4. The van der Waals surface area contributed by atoms with Crippen molar-refractivity contribution in [2.24, 2.45) is 0 Å². The van der Waals surface area contributed by atoms with Crippen LogP contribution in [-0.4, -0.2) is 24.6 Å². The highest BCUT2D eigenvalue weighted by Crippen LogP contribution is 2.37. The summed E-state index contributed by atoms with van der Waals surface area (Å²) in [4.78, 5) is 30.4. The third kappa shape index (κ3) is 8.64. The fourth-order valence-electron chi connectivity index (χ4n) is 5.07. The molecule has 46 heavy (non-hydrogen) atoms. The molecule has 1 saturated heterocycles. The largest absolute Gasteiger partial charge is 0.489 e. The van der Waals surface area contributed by atoms with Gasteiger partial charge in [-0.1, -0.05) is 24.3 Å². The third-order valence-corrected chi connectivity index (χ3v) is 7.47. The molecule has 1 fully saturated rings. The summed E-state index contributed by atoms with van der Waals surface area (Å²) in [6.07, 6.45) is -3.16. The quantitative estimate of drug-likeness (QED) is 0.152. The number of ether oxygens (including phenoxy) is 2. The van der Waals surface area contributed by atoms with Crippen LogP contribution >= 0.6 is 0 Å². The Morgan fingerprint density at radius 2 is 1.61 bits per heavy atom. The van der Waals surface area contributed by atoms with Crippen LogP contribution in [0, 0.1) is 0 Å². The monoisotopic (exact) mass is 645 g/mol. The number of Topliss-reactive ketones (excluding diaryl/α,β-unsaturated/α-hetero) is 1. The van der Waals surface area contributed by atoms with E-state index in [0.29, 0.717) is 42.0 Å². The second-order valence-corrected chi connectivity index (χ2v) is 10.9. The molecule has 1 atom stereocenters. The molecule has 1 unspecified atom stereocenters. The maximum atomic E-state index is 13.3. The number of halogens is 6. The molecule has 0 bridgehead atoms. The van der Waals surface area contributed by atoms with Gasteiger partial charge in [-0.05, 0) is 96.5 Å². The van der Waals surface area contributed by atoms with Gasteiger partial charge in [-0.15, -0.1) is 0 Å². The summed E-state index contributed by atoms with van der Waals surface area (Å²) in [6, 6.07) is 13.4. The van der Waals surface area contributed by atoms with Gasteiger partial charge in [-0.3, -0.25) is 9.59 Å². The molecule has 3 aromatic carbocycles. The van der Waals surface area contributed by atoms with Crippen LogP contribution in [-0.2, 0) is 39.7 Å². The number of amides is 1. The fourth-order valence-corrected chi connectivity index (χ4v) is 5.07. The van der Waals surface area contributed by atoms with Gasteiger partial charge in [0, 0.05) is 30.2 Å². The summed E-state index contributed by atoms with van der Waals surface area (Å²) in [5.41, 5.74) is 1.84. The van der Waals surface area contributed by atoms with Gasteiger partial charge in [0.15, 0.2) is 12.1 Å². The Morgan fingerprint density at radius 1 is 0.891 bits per heavy atom. The van der Waals surface area contributed by atoms with Crippen molar-refractivity contribution in [3.8, 4) is 5.75 Å². The van der Waals surface area contributed by atoms with Gasteiger partial charge in [-0.25, -0.2) is 10.3 Å². The number of allylic oxidation sites excluding steroid dienone is 1. The first-order valence-electron chi connectivity index (χ1n) is 14.5. The van der Waals surface area contributed by atoms with Crippen LogP contribution in [0.3, 0.4) is 0 Å². The number of ketones is 1. The Bertz CT molecular complexity index is 1600. The van der Waals surface area contributed by atoms with Crippen molar-refractivity contribution in [1.29, 1.82) is 0 Å². The van der Waals surface area contributed by atoms with Crippen molar-refractivity contribution >= 4 is 23.8 Å². The van der Waals surface area contributed by atoms with Crippen LogP contribution in [0.4, 0.5) is 26.3 Å². The minimum atomic E-state index is -4.98. The van der Waals surface area contributed by atoms with E-state index in [-0.39, 0.29) is 30.2 Å². The Hall–Kier alpha value is -4.42. The standard InChI is InChI=1S/C34H29F6NO5/c35-33(36,37)26-16-23(17-27(19-26)34(38,39)40)15-25-10-9-24-18-28(11-12-29(24)32(25)43)45-20-22-6-4-21(5-7-22)8-13-30(42)41-46-31-3-1-2-14-44-31/h4-8,11-13,15-19,31H,1-3,9-10,14,20H2,(H,41,42)/b13-8+,25-15?. The molecule has 6 nitrogen and oxygen atoms in total. The van der Waals surface area contributed by atoms with Crippen molar-refractivity contribution in [3.63, 3.8) is 0 Å². The molecular formula is C34H29F6NO5.